The lowest BCUT2D eigenvalue weighted by molar-refractivity contribution is -0.139. The maximum Gasteiger partial charge on any atom is 0.264 e. The summed E-state index contributed by atoms with van der Waals surface area (Å²) in [5.41, 5.74) is 4.98. The molecular weight excluding hydrogens is 546 g/mol. The standard InChI is InChI=1S/C34H43N3O4S/c1-24-17-19-31(20-18-24)42(40,41)37(32-16-10-12-26(3)27(32)4)23-33(38)36(22-29-13-9-11-25(2)21-29)28(5)34(39)35-30-14-7-6-8-15-30/h9-13,16-21,28,30H,6-8,14-15,22-23H2,1-5H3,(H,35,39)/t28-/m0/s1. The summed E-state index contributed by atoms with van der Waals surface area (Å²) in [4.78, 5) is 29.3. The maximum absolute atomic E-state index is 14.2. The second-order valence-electron chi connectivity index (χ2n) is 11.6. The van der Waals surface area contributed by atoms with Gasteiger partial charge < -0.3 is 10.2 Å². The molecule has 1 atom stereocenters. The fourth-order valence-electron chi connectivity index (χ4n) is 5.52. The van der Waals surface area contributed by atoms with Crippen molar-refractivity contribution in [2.45, 2.75) is 90.2 Å². The Bertz CT molecular complexity index is 1510. The fourth-order valence-corrected chi connectivity index (χ4v) is 6.99. The number of hydrogen-bond donors (Lipinski definition) is 1. The number of carbonyl (C=O) groups is 2. The molecule has 1 aliphatic rings. The van der Waals surface area contributed by atoms with E-state index in [0.29, 0.717) is 5.69 Å². The fraction of sp³-hybridized carbons (Fsp3) is 0.412. The van der Waals surface area contributed by atoms with Gasteiger partial charge >= 0.3 is 0 Å². The number of nitrogens with one attached hydrogen (secondary N) is 1. The van der Waals surface area contributed by atoms with Crippen molar-refractivity contribution in [1.82, 2.24) is 10.2 Å². The highest BCUT2D eigenvalue weighted by Crippen LogP contribution is 2.29. The molecule has 0 bridgehead atoms. The number of carbonyl (C=O) groups excluding carboxylic acids is 2. The molecule has 1 N–H and O–H groups in total. The molecule has 8 heteroatoms. The summed E-state index contributed by atoms with van der Waals surface area (Å²) in [6, 6.07) is 19.2. The van der Waals surface area contributed by atoms with Crippen molar-refractivity contribution in [3.05, 3.63) is 94.5 Å². The third kappa shape index (κ3) is 7.40. The van der Waals surface area contributed by atoms with E-state index >= 15 is 0 Å². The van der Waals surface area contributed by atoms with Crippen molar-refractivity contribution in [3.63, 3.8) is 0 Å². The number of hydrogen-bond acceptors (Lipinski definition) is 4. The summed E-state index contributed by atoms with van der Waals surface area (Å²) in [5, 5.41) is 3.15. The zero-order valence-electron chi connectivity index (χ0n) is 25.4. The normalized spacial score (nSPS) is 14.7. The minimum absolute atomic E-state index is 0.0954. The Labute approximate surface area is 251 Å². The Morgan fingerprint density at radius 1 is 0.881 bits per heavy atom. The van der Waals surface area contributed by atoms with Crippen LogP contribution in [0.4, 0.5) is 5.69 Å². The SMILES string of the molecule is Cc1ccc(S(=O)(=O)N(CC(=O)N(Cc2cccc(C)c2)[C@@H](C)C(=O)NC2CCCCC2)c2cccc(C)c2C)cc1. The lowest BCUT2D eigenvalue weighted by Gasteiger charge is -2.33. The third-order valence-corrected chi connectivity index (χ3v) is 10.1. The van der Waals surface area contributed by atoms with Crippen LogP contribution in [-0.2, 0) is 26.2 Å². The van der Waals surface area contributed by atoms with Crippen molar-refractivity contribution < 1.29 is 18.0 Å². The highest BCUT2D eigenvalue weighted by Gasteiger charge is 2.34. The molecule has 42 heavy (non-hydrogen) atoms. The molecular formula is C34H43N3O4S. The van der Waals surface area contributed by atoms with Gasteiger partial charge in [0, 0.05) is 12.6 Å². The Balaban J connectivity index is 1.71. The van der Waals surface area contributed by atoms with E-state index in [0.717, 1.165) is 53.5 Å². The molecule has 0 spiro atoms. The van der Waals surface area contributed by atoms with Crippen LogP contribution in [-0.4, -0.2) is 43.8 Å². The summed E-state index contributed by atoms with van der Waals surface area (Å²) in [6.45, 7) is 9.12. The molecule has 0 radical (unpaired) electrons. The minimum Gasteiger partial charge on any atom is -0.352 e. The molecule has 0 heterocycles. The molecule has 2 amide bonds. The van der Waals surface area contributed by atoms with E-state index in [9.17, 15) is 18.0 Å². The van der Waals surface area contributed by atoms with E-state index in [1.54, 1.807) is 43.3 Å². The van der Waals surface area contributed by atoms with Crippen LogP contribution in [0.1, 0.15) is 66.8 Å². The number of sulfonamides is 1. The van der Waals surface area contributed by atoms with Crippen LogP contribution in [0, 0.1) is 27.7 Å². The highest BCUT2D eigenvalue weighted by atomic mass is 32.2. The van der Waals surface area contributed by atoms with Crippen LogP contribution in [0.15, 0.2) is 71.6 Å². The summed E-state index contributed by atoms with van der Waals surface area (Å²) in [7, 11) is -4.10. The van der Waals surface area contributed by atoms with E-state index in [1.165, 1.54) is 15.6 Å². The first-order valence-electron chi connectivity index (χ1n) is 14.8. The smallest absolute Gasteiger partial charge is 0.264 e. The first kappa shape index (κ1) is 31.3. The zero-order chi connectivity index (χ0) is 30.4. The van der Waals surface area contributed by atoms with Crippen LogP contribution in [0.25, 0.3) is 0 Å². The summed E-state index contributed by atoms with van der Waals surface area (Å²) < 4.78 is 29.4. The number of nitrogens with zero attached hydrogens (tertiary/aromatic N) is 2. The van der Waals surface area contributed by atoms with E-state index in [2.05, 4.69) is 5.32 Å². The molecule has 4 rings (SSSR count). The lowest BCUT2D eigenvalue weighted by atomic mass is 9.95. The molecule has 7 nitrogen and oxygen atoms in total. The molecule has 1 fully saturated rings. The topological polar surface area (TPSA) is 86.8 Å². The van der Waals surface area contributed by atoms with Gasteiger partial charge in [-0.3, -0.25) is 13.9 Å². The number of anilines is 1. The van der Waals surface area contributed by atoms with Gasteiger partial charge in [0.05, 0.1) is 10.6 Å². The summed E-state index contributed by atoms with van der Waals surface area (Å²) >= 11 is 0. The molecule has 1 aliphatic carbocycles. The van der Waals surface area contributed by atoms with Gasteiger partial charge in [-0.1, -0.05) is 78.9 Å². The molecule has 224 valence electrons. The summed E-state index contributed by atoms with van der Waals surface area (Å²) in [6.07, 6.45) is 5.18. The van der Waals surface area contributed by atoms with Crippen molar-refractivity contribution in [2.75, 3.05) is 10.8 Å². The Morgan fingerprint density at radius 3 is 2.21 bits per heavy atom. The molecule has 1 saturated carbocycles. The van der Waals surface area contributed by atoms with Gasteiger partial charge in [0.1, 0.15) is 12.6 Å². The van der Waals surface area contributed by atoms with Gasteiger partial charge in [-0.25, -0.2) is 8.42 Å². The first-order valence-corrected chi connectivity index (χ1v) is 16.2. The van der Waals surface area contributed by atoms with Gasteiger partial charge in [0.25, 0.3) is 10.0 Å². The van der Waals surface area contributed by atoms with Crippen LogP contribution in [0.2, 0.25) is 0 Å². The second kappa shape index (κ2) is 13.6. The predicted octanol–water partition coefficient (Wildman–Crippen LogP) is 5.98. The van der Waals surface area contributed by atoms with Crippen molar-refractivity contribution in [2.24, 2.45) is 0 Å². The molecule has 0 saturated heterocycles. The van der Waals surface area contributed by atoms with Crippen molar-refractivity contribution in [1.29, 1.82) is 0 Å². The molecule has 0 aliphatic heterocycles. The number of amides is 2. The Hall–Kier alpha value is -3.65. The average Bonchev–Trinajstić information content (AvgIpc) is 2.96. The number of benzene rings is 3. The molecule has 0 aromatic heterocycles. The van der Waals surface area contributed by atoms with Crippen LogP contribution in [0.5, 0.6) is 0 Å². The van der Waals surface area contributed by atoms with Crippen molar-refractivity contribution >= 4 is 27.5 Å². The highest BCUT2D eigenvalue weighted by molar-refractivity contribution is 7.92. The minimum atomic E-state index is -4.10. The van der Waals surface area contributed by atoms with E-state index in [1.807, 2.05) is 58.0 Å². The van der Waals surface area contributed by atoms with Crippen molar-refractivity contribution in [3.8, 4) is 0 Å². The predicted molar refractivity (Wildman–Crippen MR) is 168 cm³/mol. The third-order valence-electron chi connectivity index (χ3n) is 8.29. The van der Waals surface area contributed by atoms with Gasteiger partial charge in [-0.15, -0.1) is 0 Å². The number of aryl methyl sites for hydroxylation is 3. The van der Waals surface area contributed by atoms with Crippen LogP contribution >= 0.6 is 0 Å². The zero-order valence-corrected chi connectivity index (χ0v) is 26.2. The molecule has 0 unspecified atom stereocenters. The van der Waals surface area contributed by atoms with E-state index in [4.69, 9.17) is 0 Å². The van der Waals surface area contributed by atoms with Gasteiger partial charge in [0.2, 0.25) is 11.8 Å². The summed E-state index contributed by atoms with van der Waals surface area (Å²) in [5.74, 6) is -0.665. The Morgan fingerprint density at radius 2 is 1.55 bits per heavy atom. The molecule has 3 aromatic carbocycles. The van der Waals surface area contributed by atoms with Gasteiger partial charge in [-0.2, -0.15) is 0 Å². The largest absolute Gasteiger partial charge is 0.352 e. The quantitative estimate of drug-likeness (QED) is 0.315. The van der Waals surface area contributed by atoms with Crippen LogP contribution in [0.3, 0.4) is 0 Å². The first-order chi connectivity index (χ1) is 20.0. The number of rotatable bonds is 10. The van der Waals surface area contributed by atoms with E-state index < -0.39 is 28.5 Å². The van der Waals surface area contributed by atoms with Gasteiger partial charge in [-0.05, 0) is 82.3 Å². The second-order valence-corrected chi connectivity index (χ2v) is 13.4. The lowest BCUT2D eigenvalue weighted by Crippen LogP contribution is -2.53. The molecule has 3 aromatic rings. The van der Waals surface area contributed by atoms with E-state index in [-0.39, 0.29) is 23.4 Å². The van der Waals surface area contributed by atoms with Gasteiger partial charge in [0.15, 0.2) is 0 Å². The van der Waals surface area contributed by atoms with Crippen LogP contribution < -0.4 is 9.62 Å². The maximum atomic E-state index is 14.2. The monoisotopic (exact) mass is 589 g/mol. The Kier molecular flexibility index (Phi) is 10.1. The average molecular weight is 590 g/mol.